The molecule has 4 rings (SSSR count). The van der Waals surface area contributed by atoms with Gasteiger partial charge in [0.05, 0.1) is 24.1 Å². The molecule has 0 aliphatic carbocycles. The molecule has 0 bridgehead atoms. The minimum Gasteiger partial charge on any atom is -0.493 e. The monoisotopic (exact) mass is 493 g/mol. The van der Waals surface area contributed by atoms with E-state index in [1.807, 2.05) is 13.0 Å². The number of hydrogen-bond donors (Lipinski definition) is 0. The number of hydrogen-bond acceptors (Lipinski definition) is 6. The molecule has 0 saturated carbocycles. The molecule has 3 aromatic carbocycles. The number of ether oxygens (including phenoxy) is 2. The average Bonchev–Trinajstić information content (AvgIpc) is 3.07. The van der Waals surface area contributed by atoms with Gasteiger partial charge in [0.1, 0.15) is 0 Å². The van der Waals surface area contributed by atoms with E-state index < -0.39 is 5.97 Å². The summed E-state index contributed by atoms with van der Waals surface area (Å²) in [5.74, 6) is -0.311. The predicted molar refractivity (Wildman–Crippen MR) is 132 cm³/mol. The molecule has 34 heavy (non-hydrogen) atoms. The quantitative estimate of drug-likeness (QED) is 0.234. The first-order valence-electron chi connectivity index (χ1n) is 10.3. The first kappa shape index (κ1) is 23.6. The van der Waals surface area contributed by atoms with Crippen molar-refractivity contribution in [1.29, 1.82) is 0 Å². The molecule has 1 aliphatic heterocycles. The van der Waals surface area contributed by atoms with Gasteiger partial charge >= 0.3 is 5.97 Å². The largest absolute Gasteiger partial charge is 0.493 e. The van der Waals surface area contributed by atoms with Crippen LogP contribution in [-0.4, -0.2) is 29.1 Å². The summed E-state index contributed by atoms with van der Waals surface area (Å²) >= 11 is 6.87. The van der Waals surface area contributed by atoms with Crippen LogP contribution in [0.1, 0.15) is 27.0 Å². The lowest BCUT2D eigenvalue weighted by atomic mass is 10.1. The lowest BCUT2D eigenvalue weighted by molar-refractivity contribution is -0.123. The summed E-state index contributed by atoms with van der Waals surface area (Å²) in [6.07, 6.45) is 1.61. The third kappa shape index (κ3) is 5.32. The third-order valence-electron chi connectivity index (χ3n) is 5.05. The van der Waals surface area contributed by atoms with E-state index in [-0.39, 0.29) is 23.4 Å². The van der Waals surface area contributed by atoms with E-state index in [0.717, 1.165) is 22.9 Å². The molecule has 172 valence electrons. The summed E-state index contributed by atoms with van der Waals surface area (Å²) in [5, 5.41) is 0.183. The maximum atomic E-state index is 12.8. The van der Waals surface area contributed by atoms with Crippen molar-refractivity contribution in [2.24, 2.45) is 0 Å². The van der Waals surface area contributed by atoms with E-state index in [4.69, 9.17) is 21.1 Å². The number of halogens is 1. The summed E-state index contributed by atoms with van der Waals surface area (Å²) in [4.78, 5) is 39.3. The van der Waals surface area contributed by atoms with Gasteiger partial charge in [0, 0.05) is 5.02 Å². The molecular formula is C26H20ClNO5S. The van der Waals surface area contributed by atoms with Crippen LogP contribution < -0.4 is 9.47 Å². The summed E-state index contributed by atoms with van der Waals surface area (Å²) < 4.78 is 10.9. The second-order valence-electron chi connectivity index (χ2n) is 7.57. The fourth-order valence-electron chi connectivity index (χ4n) is 3.39. The molecule has 1 aliphatic rings. The van der Waals surface area contributed by atoms with Crippen molar-refractivity contribution >= 4 is 46.6 Å². The Balaban J connectivity index is 1.52. The molecule has 0 atom stereocenters. The number of esters is 1. The van der Waals surface area contributed by atoms with Gasteiger partial charge in [-0.2, -0.15) is 0 Å². The molecule has 1 saturated heterocycles. The number of imide groups is 1. The summed E-state index contributed by atoms with van der Waals surface area (Å²) in [6, 6.07) is 19.0. The fourth-order valence-corrected chi connectivity index (χ4v) is 4.45. The Morgan fingerprint density at radius 2 is 1.82 bits per heavy atom. The van der Waals surface area contributed by atoms with Gasteiger partial charge in [0.25, 0.3) is 11.1 Å². The van der Waals surface area contributed by atoms with Crippen LogP contribution in [0.5, 0.6) is 11.5 Å². The highest BCUT2D eigenvalue weighted by Gasteiger charge is 2.35. The van der Waals surface area contributed by atoms with E-state index >= 15 is 0 Å². The van der Waals surface area contributed by atoms with Gasteiger partial charge in [-0.3, -0.25) is 14.5 Å². The molecule has 1 fully saturated rings. The van der Waals surface area contributed by atoms with Gasteiger partial charge in [0.2, 0.25) is 0 Å². The van der Waals surface area contributed by atoms with E-state index in [9.17, 15) is 14.4 Å². The molecule has 0 spiro atoms. The molecule has 2 amide bonds. The Morgan fingerprint density at radius 1 is 1.03 bits per heavy atom. The van der Waals surface area contributed by atoms with Crippen LogP contribution in [0.3, 0.4) is 0 Å². The first-order chi connectivity index (χ1) is 16.3. The number of amides is 2. The Kier molecular flexibility index (Phi) is 7.05. The zero-order valence-electron chi connectivity index (χ0n) is 18.4. The molecule has 0 unspecified atom stereocenters. The van der Waals surface area contributed by atoms with Crippen molar-refractivity contribution in [3.8, 4) is 11.5 Å². The van der Waals surface area contributed by atoms with Gasteiger partial charge in [-0.15, -0.1) is 0 Å². The number of benzene rings is 3. The second-order valence-corrected chi connectivity index (χ2v) is 9.00. The summed E-state index contributed by atoms with van der Waals surface area (Å²) in [5.41, 5.74) is 2.76. The van der Waals surface area contributed by atoms with Gasteiger partial charge in [-0.05, 0) is 72.3 Å². The number of nitrogens with zero attached hydrogens (tertiary/aromatic N) is 1. The Bertz CT molecular complexity index is 1320. The number of aryl methyl sites for hydroxylation is 1. The minimum absolute atomic E-state index is 0.139. The van der Waals surface area contributed by atoms with Gasteiger partial charge in [0.15, 0.2) is 11.5 Å². The molecule has 6 nitrogen and oxygen atoms in total. The Labute approximate surface area is 206 Å². The van der Waals surface area contributed by atoms with Crippen LogP contribution in [0.2, 0.25) is 5.02 Å². The molecule has 0 aromatic heterocycles. The Hall–Kier alpha value is -3.55. The topological polar surface area (TPSA) is 72.9 Å². The van der Waals surface area contributed by atoms with E-state index in [0.29, 0.717) is 26.8 Å². The van der Waals surface area contributed by atoms with Crippen LogP contribution in [0.25, 0.3) is 6.08 Å². The first-order valence-corrected chi connectivity index (χ1v) is 11.5. The van der Waals surface area contributed by atoms with E-state index in [2.05, 4.69) is 0 Å². The predicted octanol–water partition coefficient (Wildman–Crippen LogP) is 6.11. The average molecular weight is 494 g/mol. The highest BCUT2D eigenvalue weighted by Crippen LogP contribution is 2.35. The van der Waals surface area contributed by atoms with E-state index in [1.54, 1.807) is 66.7 Å². The molecular weight excluding hydrogens is 474 g/mol. The number of methoxy groups -OCH3 is 1. The van der Waals surface area contributed by atoms with Gasteiger partial charge in [-0.1, -0.05) is 47.5 Å². The smallest absolute Gasteiger partial charge is 0.343 e. The van der Waals surface area contributed by atoms with Crippen LogP contribution >= 0.6 is 23.4 Å². The van der Waals surface area contributed by atoms with Crippen molar-refractivity contribution in [2.45, 2.75) is 13.5 Å². The molecule has 3 aromatic rings. The van der Waals surface area contributed by atoms with Crippen LogP contribution in [-0.2, 0) is 11.3 Å². The highest BCUT2D eigenvalue weighted by atomic mass is 35.5. The minimum atomic E-state index is -0.503. The van der Waals surface area contributed by atoms with Crippen molar-refractivity contribution < 1.29 is 23.9 Å². The van der Waals surface area contributed by atoms with Crippen molar-refractivity contribution in [2.75, 3.05) is 7.11 Å². The van der Waals surface area contributed by atoms with Crippen molar-refractivity contribution in [3.05, 3.63) is 98.9 Å². The third-order valence-corrected chi connectivity index (χ3v) is 6.19. The van der Waals surface area contributed by atoms with Crippen LogP contribution in [0.4, 0.5) is 4.79 Å². The second kappa shape index (κ2) is 10.2. The van der Waals surface area contributed by atoms with Crippen molar-refractivity contribution in [3.63, 3.8) is 0 Å². The number of carbonyl (C=O) groups is 3. The normalized spacial score (nSPS) is 14.6. The molecule has 1 heterocycles. The fraction of sp³-hybridized carbons (Fsp3) is 0.115. The lowest BCUT2D eigenvalue weighted by Crippen LogP contribution is -2.27. The maximum absolute atomic E-state index is 12.8. The van der Waals surface area contributed by atoms with E-state index in [1.165, 1.54) is 12.0 Å². The Morgan fingerprint density at radius 3 is 2.56 bits per heavy atom. The summed E-state index contributed by atoms with van der Waals surface area (Å²) in [7, 11) is 1.46. The lowest BCUT2D eigenvalue weighted by Gasteiger charge is -2.12. The van der Waals surface area contributed by atoms with Gasteiger partial charge in [-0.25, -0.2) is 4.79 Å². The molecule has 0 N–H and O–H groups in total. The molecule has 0 radical (unpaired) electrons. The zero-order valence-corrected chi connectivity index (χ0v) is 20.0. The van der Waals surface area contributed by atoms with Crippen molar-refractivity contribution in [1.82, 2.24) is 4.90 Å². The number of carbonyl (C=O) groups excluding carboxylic acids is 3. The zero-order chi connectivity index (χ0) is 24.2. The van der Waals surface area contributed by atoms with Gasteiger partial charge < -0.3 is 9.47 Å². The van der Waals surface area contributed by atoms with Crippen LogP contribution in [0, 0.1) is 6.92 Å². The van der Waals surface area contributed by atoms with Crippen LogP contribution in [0.15, 0.2) is 71.6 Å². The number of thioether (sulfide) groups is 1. The maximum Gasteiger partial charge on any atom is 0.343 e. The SMILES string of the molecule is COc1cc(/C=C2\SC(=O)N(Cc3cccc(Cl)c3)C2=O)ccc1OC(=O)c1cccc(C)c1. The number of rotatable bonds is 6. The standard InChI is InChI=1S/C26H20ClNO5S/c1-16-5-3-7-19(11-16)25(30)33-21-10-9-17(13-22(21)32-2)14-23-24(29)28(26(31)34-23)15-18-6-4-8-20(27)12-18/h3-14H,15H2,1-2H3/b23-14-. The summed E-state index contributed by atoms with van der Waals surface area (Å²) in [6.45, 7) is 2.03. The highest BCUT2D eigenvalue weighted by molar-refractivity contribution is 8.18. The molecule has 8 heteroatoms.